The summed E-state index contributed by atoms with van der Waals surface area (Å²) >= 11 is 0. The second-order valence-electron chi connectivity index (χ2n) is 5.08. The third-order valence-corrected chi connectivity index (χ3v) is 3.66. The van der Waals surface area contributed by atoms with E-state index in [9.17, 15) is 0 Å². The molecular formula is C17H20N2. The molecule has 2 aromatic rings. The van der Waals surface area contributed by atoms with Gasteiger partial charge in [0.2, 0.25) is 0 Å². The lowest BCUT2D eigenvalue weighted by atomic mass is 10.2. The van der Waals surface area contributed by atoms with Crippen LogP contribution in [0.4, 0.5) is 11.4 Å². The molecular weight excluding hydrogens is 232 g/mol. The molecule has 19 heavy (non-hydrogen) atoms. The van der Waals surface area contributed by atoms with Crippen molar-refractivity contribution in [1.82, 2.24) is 0 Å². The van der Waals surface area contributed by atoms with Gasteiger partial charge in [-0.2, -0.15) is 0 Å². The molecule has 0 spiro atoms. The Hall–Kier alpha value is -1.96. The van der Waals surface area contributed by atoms with Crippen molar-refractivity contribution in [2.45, 2.75) is 19.4 Å². The molecule has 1 aliphatic heterocycles. The second kappa shape index (κ2) is 5.79. The van der Waals surface area contributed by atoms with Gasteiger partial charge in [0.1, 0.15) is 0 Å². The minimum absolute atomic E-state index is 0.879. The summed E-state index contributed by atoms with van der Waals surface area (Å²) in [6, 6.07) is 19.3. The standard InChI is InChI=1S/C17H20N2/c1-2-7-15(8-3-1)14-18-16-9-6-10-17(13-16)19-11-4-5-12-19/h1-3,6-10,13,18H,4-5,11-12,14H2. The van der Waals surface area contributed by atoms with E-state index in [1.165, 1.54) is 42.9 Å². The Kier molecular flexibility index (Phi) is 3.68. The number of rotatable bonds is 4. The maximum absolute atomic E-state index is 3.50. The first-order chi connectivity index (χ1) is 9.42. The number of nitrogens with zero attached hydrogens (tertiary/aromatic N) is 1. The van der Waals surface area contributed by atoms with Crippen molar-refractivity contribution in [1.29, 1.82) is 0 Å². The molecule has 0 unspecified atom stereocenters. The van der Waals surface area contributed by atoms with Crippen LogP contribution in [0.5, 0.6) is 0 Å². The molecule has 0 amide bonds. The van der Waals surface area contributed by atoms with Crippen molar-refractivity contribution >= 4 is 11.4 Å². The molecule has 1 saturated heterocycles. The third kappa shape index (κ3) is 3.08. The molecule has 0 saturated carbocycles. The van der Waals surface area contributed by atoms with Gasteiger partial charge in [0, 0.05) is 31.0 Å². The zero-order chi connectivity index (χ0) is 12.9. The maximum atomic E-state index is 3.50. The Balaban J connectivity index is 1.66. The van der Waals surface area contributed by atoms with Crippen LogP contribution >= 0.6 is 0 Å². The molecule has 0 bridgehead atoms. The molecule has 0 atom stereocenters. The molecule has 2 heteroatoms. The number of nitrogens with one attached hydrogen (secondary N) is 1. The fourth-order valence-corrected chi connectivity index (χ4v) is 2.59. The molecule has 1 fully saturated rings. The van der Waals surface area contributed by atoms with Crippen molar-refractivity contribution in [3.63, 3.8) is 0 Å². The normalized spacial score (nSPS) is 14.6. The van der Waals surface area contributed by atoms with Gasteiger partial charge in [-0.15, -0.1) is 0 Å². The summed E-state index contributed by atoms with van der Waals surface area (Å²) in [7, 11) is 0. The summed E-state index contributed by atoms with van der Waals surface area (Å²) in [5.41, 5.74) is 3.86. The van der Waals surface area contributed by atoms with Gasteiger partial charge in [-0.1, -0.05) is 36.4 Å². The molecule has 0 radical (unpaired) electrons. The molecule has 1 N–H and O–H groups in total. The minimum atomic E-state index is 0.879. The fourth-order valence-electron chi connectivity index (χ4n) is 2.59. The predicted molar refractivity (Wildman–Crippen MR) is 81.7 cm³/mol. The van der Waals surface area contributed by atoms with E-state index in [2.05, 4.69) is 64.8 Å². The second-order valence-corrected chi connectivity index (χ2v) is 5.08. The Morgan fingerprint density at radius 3 is 2.47 bits per heavy atom. The predicted octanol–water partition coefficient (Wildman–Crippen LogP) is 3.90. The van der Waals surface area contributed by atoms with Crippen LogP contribution in [0.1, 0.15) is 18.4 Å². The highest BCUT2D eigenvalue weighted by atomic mass is 15.1. The number of benzene rings is 2. The van der Waals surface area contributed by atoms with E-state index in [4.69, 9.17) is 0 Å². The van der Waals surface area contributed by atoms with E-state index in [-0.39, 0.29) is 0 Å². The summed E-state index contributed by atoms with van der Waals surface area (Å²) in [6.07, 6.45) is 2.64. The van der Waals surface area contributed by atoms with Crippen molar-refractivity contribution in [3.8, 4) is 0 Å². The van der Waals surface area contributed by atoms with E-state index < -0.39 is 0 Å². The summed E-state index contributed by atoms with van der Waals surface area (Å²) < 4.78 is 0. The highest BCUT2D eigenvalue weighted by Crippen LogP contribution is 2.23. The van der Waals surface area contributed by atoms with Crippen molar-refractivity contribution in [2.24, 2.45) is 0 Å². The first kappa shape index (κ1) is 12.1. The van der Waals surface area contributed by atoms with Gasteiger partial charge >= 0.3 is 0 Å². The average molecular weight is 252 g/mol. The topological polar surface area (TPSA) is 15.3 Å². The van der Waals surface area contributed by atoms with E-state index in [0.29, 0.717) is 0 Å². The van der Waals surface area contributed by atoms with Crippen LogP contribution in [0.15, 0.2) is 54.6 Å². The Labute approximate surface area is 115 Å². The van der Waals surface area contributed by atoms with Crippen LogP contribution in [0.3, 0.4) is 0 Å². The number of hydrogen-bond donors (Lipinski definition) is 1. The van der Waals surface area contributed by atoms with Gasteiger partial charge in [-0.25, -0.2) is 0 Å². The number of anilines is 2. The van der Waals surface area contributed by atoms with Crippen LogP contribution in [-0.2, 0) is 6.54 Å². The highest BCUT2D eigenvalue weighted by Gasteiger charge is 2.12. The quantitative estimate of drug-likeness (QED) is 0.887. The van der Waals surface area contributed by atoms with Crippen LogP contribution < -0.4 is 10.2 Å². The molecule has 0 aromatic heterocycles. The van der Waals surface area contributed by atoms with E-state index in [0.717, 1.165) is 6.54 Å². The van der Waals surface area contributed by atoms with E-state index in [1.807, 2.05) is 0 Å². The van der Waals surface area contributed by atoms with E-state index >= 15 is 0 Å². The Bertz CT molecular complexity index is 516. The summed E-state index contributed by atoms with van der Waals surface area (Å²) in [4.78, 5) is 2.47. The van der Waals surface area contributed by atoms with Gasteiger partial charge < -0.3 is 10.2 Å². The van der Waals surface area contributed by atoms with Crippen molar-refractivity contribution in [3.05, 3.63) is 60.2 Å². The molecule has 98 valence electrons. The maximum Gasteiger partial charge on any atom is 0.0400 e. The van der Waals surface area contributed by atoms with Gasteiger partial charge in [-0.05, 0) is 36.6 Å². The molecule has 1 aliphatic rings. The lowest BCUT2D eigenvalue weighted by molar-refractivity contribution is 0.949. The smallest absolute Gasteiger partial charge is 0.0400 e. The summed E-state index contributed by atoms with van der Waals surface area (Å²) in [5, 5.41) is 3.50. The Morgan fingerprint density at radius 1 is 0.895 bits per heavy atom. The van der Waals surface area contributed by atoms with Gasteiger partial charge in [-0.3, -0.25) is 0 Å². The Morgan fingerprint density at radius 2 is 1.68 bits per heavy atom. The van der Waals surface area contributed by atoms with Gasteiger partial charge in [0.15, 0.2) is 0 Å². The first-order valence-corrected chi connectivity index (χ1v) is 7.05. The number of hydrogen-bond acceptors (Lipinski definition) is 2. The SMILES string of the molecule is c1ccc(CNc2cccc(N3CCCC3)c2)cc1. The average Bonchev–Trinajstić information content (AvgIpc) is 3.01. The van der Waals surface area contributed by atoms with Crippen molar-refractivity contribution in [2.75, 3.05) is 23.3 Å². The monoisotopic (exact) mass is 252 g/mol. The zero-order valence-electron chi connectivity index (χ0n) is 11.2. The lowest BCUT2D eigenvalue weighted by Crippen LogP contribution is -2.17. The van der Waals surface area contributed by atoms with Crippen LogP contribution in [0.25, 0.3) is 0 Å². The van der Waals surface area contributed by atoms with Gasteiger partial charge in [0.05, 0.1) is 0 Å². The minimum Gasteiger partial charge on any atom is -0.381 e. The van der Waals surface area contributed by atoms with Crippen LogP contribution in [0, 0.1) is 0 Å². The first-order valence-electron chi connectivity index (χ1n) is 7.05. The molecule has 2 aromatic carbocycles. The largest absolute Gasteiger partial charge is 0.381 e. The van der Waals surface area contributed by atoms with Crippen LogP contribution in [-0.4, -0.2) is 13.1 Å². The molecule has 1 heterocycles. The molecule has 2 nitrogen and oxygen atoms in total. The summed E-state index contributed by atoms with van der Waals surface area (Å²) in [5.74, 6) is 0. The molecule has 0 aliphatic carbocycles. The lowest BCUT2D eigenvalue weighted by Gasteiger charge is -2.18. The fraction of sp³-hybridized carbons (Fsp3) is 0.294. The molecule has 3 rings (SSSR count). The van der Waals surface area contributed by atoms with Gasteiger partial charge in [0.25, 0.3) is 0 Å². The van der Waals surface area contributed by atoms with E-state index in [1.54, 1.807) is 0 Å². The zero-order valence-corrected chi connectivity index (χ0v) is 11.2. The third-order valence-electron chi connectivity index (χ3n) is 3.66. The summed E-state index contributed by atoms with van der Waals surface area (Å²) in [6.45, 7) is 3.27. The highest BCUT2D eigenvalue weighted by molar-refractivity contribution is 5.58. The van der Waals surface area contributed by atoms with Crippen molar-refractivity contribution < 1.29 is 0 Å². The van der Waals surface area contributed by atoms with Crippen LogP contribution in [0.2, 0.25) is 0 Å².